The number of carbonyl (C=O) groups is 2. The van der Waals surface area contributed by atoms with Gasteiger partial charge >= 0.3 is 11.9 Å². The second-order valence-electron chi connectivity index (χ2n) is 5.37. The quantitative estimate of drug-likeness (QED) is 0.497. The maximum atomic E-state index is 12.3. The van der Waals surface area contributed by atoms with Crippen molar-refractivity contribution in [2.45, 2.75) is 59.3 Å². The molecule has 0 aliphatic rings. The zero-order valence-electron chi connectivity index (χ0n) is 13.8. The lowest BCUT2D eigenvalue weighted by molar-refractivity contribution is -0.140. The predicted molar refractivity (Wildman–Crippen MR) is 85.9 cm³/mol. The molecule has 0 N–H and O–H groups in total. The highest BCUT2D eigenvalue weighted by Crippen LogP contribution is 2.28. The minimum Gasteiger partial charge on any atom is -0.423 e. The summed E-state index contributed by atoms with van der Waals surface area (Å²) in [5.41, 5.74) is 0. The zero-order chi connectivity index (χ0) is 16.4. The van der Waals surface area contributed by atoms with Gasteiger partial charge in [-0.2, -0.15) is 0 Å². The standard InChI is InChI=1S/C18H26O4/c1-4-9-14(10-5-2)18(20)22-16-13-8-7-12-15(16)21-17(19)11-6-3/h7-8,12-14H,4-6,9-11H2,1-3H3. The Balaban J connectivity index is 2.79. The van der Waals surface area contributed by atoms with E-state index in [-0.39, 0.29) is 17.9 Å². The largest absolute Gasteiger partial charge is 0.423 e. The highest BCUT2D eigenvalue weighted by Gasteiger charge is 2.21. The molecule has 0 fully saturated rings. The van der Waals surface area contributed by atoms with E-state index in [0.29, 0.717) is 17.9 Å². The van der Waals surface area contributed by atoms with Crippen LogP contribution in [0.2, 0.25) is 0 Å². The number of hydrogen-bond acceptors (Lipinski definition) is 4. The van der Waals surface area contributed by atoms with Crippen molar-refractivity contribution in [3.8, 4) is 11.5 Å². The Morgan fingerprint density at radius 3 is 1.95 bits per heavy atom. The first-order valence-corrected chi connectivity index (χ1v) is 8.13. The normalized spacial score (nSPS) is 10.5. The number of benzene rings is 1. The summed E-state index contributed by atoms with van der Waals surface area (Å²) in [4.78, 5) is 23.9. The van der Waals surface area contributed by atoms with Crippen LogP contribution in [0.4, 0.5) is 0 Å². The first kappa shape index (κ1) is 18.2. The first-order chi connectivity index (χ1) is 10.6. The molecule has 0 amide bonds. The molecular formula is C18H26O4. The maximum absolute atomic E-state index is 12.3. The molecule has 0 heterocycles. The maximum Gasteiger partial charge on any atom is 0.314 e. The van der Waals surface area contributed by atoms with Gasteiger partial charge < -0.3 is 9.47 Å². The lowest BCUT2D eigenvalue weighted by atomic mass is 9.99. The fourth-order valence-corrected chi connectivity index (χ4v) is 2.27. The number of para-hydroxylation sites is 2. The fraction of sp³-hybridized carbons (Fsp3) is 0.556. The molecule has 0 aromatic heterocycles. The van der Waals surface area contributed by atoms with Gasteiger partial charge in [0.1, 0.15) is 0 Å². The molecule has 0 aliphatic carbocycles. The van der Waals surface area contributed by atoms with Crippen LogP contribution in [0, 0.1) is 5.92 Å². The molecule has 0 spiro atoms. The van der Waals surface area contributed by atoms with Crippen LogP contribution in [-0.4, -0.2) is 11.9 Å². The molecule has 1 rings (SSSR count). The molecule has 0 bridgehead atoms. The third-order valence-corrected chi connectivity index (χ3v) is 3.35. The average molecular weight is 306 g/mol. The second kappa shape index (κ2) is 9.98. The molecule has 22 heavy (non-hydrogen) atoms. The number of ether oxygens (including phenoxy) is 2. The van der Waals surface area contributed by atoms with Crippen LogP contribution >= 0.6 is 0 Å². The van der Waals surface area contributed by atoms with Gasteiger partial charge in [0.25, 0.3) is 0 Å². The van der Waals surface area contributed by atoms with Crippen molar-refractivity contribution in [1.29, 1.82) is 0 Å². The van der Waals surface area contributed by atoms with Gasteiger partial charge in [0.05, 0.1) is 5.92 Å². The molecule has 1 aromatic rings. The summed E-state index contributed by atoms with van der Waals surface area (Å²) in [6.45, 7) is 6.01. The summed E-state index contributed by atoms with van der Waals surface area (Å²) in [7, 11) is 0. The molecule has 4 nitrogen and oxygen atoms in total. The van der Waals surface area contributed by atoms with Crippen molar-refractivity contribution >= 4 is 11.9 Å². The Bertz CT molecular complexity index is 476. The van der Waals surface area contributed by atoms with Crippen molar-refractivity contribution in [1.82, 2.24) is 0 Å². The van der Waals surface area contributed by atoms with E-state index in [2.05, 4.69) is 13.8 Å². The minimum atomic E-state index is -0.315. The SMILES string of the molecule is CCCC(=O)Oc1ccccc1OC(=O)C(CCC)CCC. The Kier molecular flexibility index (Phi) is 8.26. The highest BCUT2D eigenvalue weighted by atomic mass is 16.6. The zero-order valence-corrected chi connectivity index (χ0v) is 13.8. The van der Waals surface area contributed by atoms with Gasteiger partial charge in [-0.3, -0.25) is 9.59 Å². The lowest BCUT2D eigenvalue weighted by Gasteiger charge is -2.15. The van der Waals surface area contributed by atoms with Gasteiger partial charge in [0.15, 0.2) is 11.5 Å². The van der Waals surface area contributed by atoms with E-state index < -0.39 is 0 Å². The van der Waals surface area contributed by atoms with E-state index in [9.17, 15) is 9.59 Å². The fourth-order valence-electron chi connectivity index (χ4n) is 2.27. The third kappa shape index (κ3) is 5.88. The lowest BCUT2D eigenvalue weighted by Crippen LogP contribution is -2.21. The molecule has 0 radical (unpaired) electrons. The van der Waals surface area contributed by atoms with Crippen molar-refractivity contribution in [3.63, 3.8) is 0 Å². The monoisotopic (exact) mass is 306 g/mol. The summed E-state index contributed by atoms with van der Waals surface area (Å²) in [5, 5.41) is 0. The van der Waals surface area contributed by atoms with Crippen molar-refractivity contribution in [2.75, 3.05) is 0 Å². The van der Waals surface area contributed by atoms with Gasteiger partial charge in [0, 0.05) is 6.42 Å². The van der Waals surface area contributed by atoms with E-state index >= 15 is 0 Å². The molecule has 122 valence electrons. The first-order valence-electron chi connectivity index (χ1n) is 8.13. The van der Waals surface area contributed by atoms with Gasteiger partial charge in [-0.15, -0.1) is 0 Å². The van der Waals surface area contributed by atoms with Crippen molar-refractivity contribution in [2.24, 2.45) is 5.92 Å². The van der Waals surface area contributed by atoms with Gasteiger partial charge in [-0.25, -0.2) is 0 Å². The highest BCUT2D eigenvalue weighted by molar-refractivity contribution is 5.77. The van der Waals surface area contributed by atoms with Crippen molar-refractivity contribution in [3.05, 3.63) is 24.3 Å². The van der Waals surface area contributed by atoms with E-state index in [1.54, 1.807) is 24.3 Å². The summed E-state index contributed by atoms with van der Waals surface area (Å²) >= 11 is 0. The smallest absolute Gasteiger partial charge is 0.314 e. The Morgan fingerprint density at radius 2 is 1.45 bits per heavy atom. The molecule has 4 heteroatoms. The van der Waals surface area contributed by atoms with Gasteiger partial charge in [-0.1, -0.05) is 45.7 Å². The summed E-state index contributed by atoms with van der Waals surface area (Å²) in [6.07, 6.45) is 4.56. The Morgan fingerprint density at radius 1 is 0.909 bits per heavy atom. The number of rotatable bonds is 9. The molecule has 0 aliphatic heterocycles. The van der Waals surface area contributed by atoms with E-state index in [0.717, 1.165) is 32.1 Å². The van der Waals surface area contributed by atoms with E-state index in [1.807, 2.05) is 6.92 Å². The molecular weight excluding hydrogens is 280 g/mol. The van der Waals surface area contributed by atoms with Crippen LogP contribution in [0.3, 0.4) is 0 Å². The number of esters is 2. The molecule has 0 saturated carbocycles. The van der Waals surface area contributed by atoms with Gasteiger partial charge in [-0.05, 0) is 31.4 Å². The van der Waals surface area contributed by atoms with Crippen LogP contribution in [0.25, 0.3) is 0 Å². The van der Waals surface area contributed by atoms with Gasteiger partial charge in [0.2, 0.25) is 0 Å². The molecule has 0 saturated heterocycles. The minimum absolute atomic E-state index is 0.102. The van der Waals surface area contributed by atoms with Crippen LogP contribution in [0.5, 0.6) is 11.5 Å². The van der Waals surface area contributed by atoms with E-state index in [1.165, 1.54) is 0 Å². The predicted octanol–water partition coefficient (Wildman–Crippen LogP) is 4.51. The summed E-state index contributed by atoms with van der Waals surface area (Å²) in [6, 6.07) is 6.81. The third-order valence-electron chi connectivity index (χ3n) is 3.35. The number of hydrogen-bond donors (Lipinski definition) is 0. The van der Waals surface area contributed by atoms with Crippen LogP contribution in [0.1, 0.15) is 59.3 Å². The van der Waals surface area contributed by atoms with Crippen LogP contribution < -0.4 is 9.47 Å². The molecule has 0 unspecified atom stereocenters. The topological polar surface area (TPSA) is 52.6 Å². The summed E-state index contributed by atoms with van der Waals surface area (Å²) in [5.74, 6) is -0.0445. The van der Waals surface area contributed by atoms with E-state index in [4.69, 9.17) is 9.47 Å². The molecule has 1 aromatic carbocycles. The summed E-state index contributed by atoms with van der Waals surface area (Å²) < 4.78 is 10.7. The number of carbonyl (C=O) groups excluding carboxylic acids is 2. The average Bonchev–Trinajstić information content (AvgIpc) is 2.49. The van der Waals surface area contributed by atoms with Crippen molar-refractivity contribution < 1.29 is 19.1 Å². The molecule has 0 atom stereocenters. The van der Waals surface area contributed by atoms with Crippen LogP contribution in [-0.2, 0) is 9.59 Å². The second-order valence-corrected chi connectivity index (χ2v) is 5.37. The Hall–Kier alpha value is -1.84. The Labute approximate surface area is 132 Å². The van der Waals surface area contributed by atoms with Crippen LogP contribution in [0.15, 0.2) is 24.3 Å².